The third-order valence-electron chi connectivity index (χ3n) is 10.5. The van der Waals surface area contributed by atoms with Crippen LogP contribution in [0.25, 0.3) is 11.1 Å². The summed E-state index contributed by atoms with van der Waals surface area (Å²) in [5.41, 5.74) is 7.57. The van der Waals surface area contributed by atoms with E-state index in [1.165, 1.54) is 6.20 Å². The van der Waals surface area contributed by atoms with Gasteiger partial charge in [-0.1, -0.05) is 41.9 Å². The zero-order valence-corrected chi connectivity index (χ0v) is 33.5. The molecule has 2 N–H and O–H groups in total. The zero-order valence-electron chi connectivity index (χ0n) is 32.7. The Morgan fingerprint density at radius 3 is 2.23 bits per heavy atom. The Kier molecular flexibility index (Phi) is 13.8. The molecule has 2 aliphatic heterocycles. The van der Waals surface area contributed by atoms with Crippen LogP contribution in [0.5, 0.6) is 17.2 Å². The predicted molar refractivity (Wildman–Crippen MR) is 217 cm³/mol. The molecule has 12 heteroatoms. The van der Waals surface area contributed by atoms with Crippen LogP contribution in [0.4, 0.5) is 0 Å². The largest absolute Gasteiger partial charge is 0.493 e. The molecule has 4 aromatic rings. The number of hydrogen-bond acceptors (Lipinski definition) is 9. The topological polar surface area (TPSA) is 129 Å². The molecule has 0 unspecified atom stereocenters. The molecule has 0 spiro atoms. The zero-order chi connectivity index (χ0) is 39.6. The van der Waals surface area contributed by atoms with Crippen molar-refractivity contribution in [2.75, 3.05) is 39.3 Å². The number of likely N-dealkylation sites (tertiary alicyclic amines) is 2. The standard InChI is InChI=1S/C44H51ClN6O5/c1-29-35(8-5-9-39(29)40-10-6-11-42(30(40)2)54-17-7-14-50-15-12-37(25-50)48-31(3)52)28-56-44-20-43(55-27-34-18-33(21-46)22-47-23-34)36(19-41(44)45)24-51-16-13-38(26-51)49-32(4)53/h5-6,8-11,18-20,22-23,37-38H,7,12-17,24-28H2,1-4H3,(H,48,52)(H,49,53)/t37-,38-/m1/s1. The summed E-state index contributed by atoms with van der Waals surface area (Å²) in [4.78, 5) is 31.9. The molecule has 0 saturated carbocycles. The van der Waals surface area contributed by atoms with Crippen LogP contribution < -0.4 is 24.8 Å². The molecule has 2 fully saturated rings. The van der Waals surface area contributed by atoms with Gasteiger partial charge in [0.05, 0.1) is 17.2 Å². The maximum absolute atomic E-state index is 11.7. The Morgan fingerprint density at radius 2 is 1.50 bits per heavy atom. The van der Waals surface area contributed by atoms with E-state index in [0.29, 0.717) is 41.8 Å². The smallest absolute Gasteiger partial charge is 0.217 e. The van der Waals surface area contributed by atoms with E-state index in [4.69, 9.17) is 25.8 Å². The maximum Gasteiger partial charge on any atom is 0.217 e. The van der Waals surface area contributed by atoms with Gasteiger partial charge in [0.2, 0.25) is 11.8 Å². The third-order valence-corrected chi connectivity index (χ3v) is 10.8. The number of rotatable bonds is 16. The van der Waals surface area contributed by atoms with Gasteiger partial charge in [0.25, 0.3) is 0 Å². The highest BCUT2D eigenvalue weighted by atomic mass is 35.5. The molecule has 3 heterocycles. The summed E-state index contributed by atoms with van der Waals surface area (Å²) in [5.74, 6) is 2.00. The van der Waals surface area contributed by atoms with Gasteiger partial charge in [-0.3, -0.25) is 19.5 Å². The molecular weight excluding hydrogens is 728 g/mol. The van der Waals surface area contributed by atoms with Crippen LogP contribution in [0.1, 0.15) is 66.5 Å². The number of nitrogens with one attached hydrogen (secondary N) is 2. The first kappa shape index (κ1) is 40.5. The second-order valence-electron chi connectivity index (χ2n) is 14.8. The molecule has 1 aromatic heterocycles. The number of benzene rings is 3. The lowest BCUT2D eigenvalue weighted by atomic mass is 9.93. The molecule has 0 aliphatic carbocycles. The Labute approximate surface area is 334 Å². The SMILES string of the molecule is CC(=O)N[C@@H]1CCN(CCCOc2cccc(-c3cccc(COc4cc(OCc5cncc(C#N)c5)c(CN5CC[C@@H](NC(C)=O)C5)cc4Cl)c3C)c2C)C1. The Balaban J connectivity index is 1.13. The van der Waals surface area contributed by atoms with Gasteiger partial charge >= 0.3 is 0 Å². The first-order valence-corrected chi connectivity index (χ1v) is 19.7. The van der Waals surface area contributed by atoms with Crippen molar-refractivity contribution in [3.8, 4) is 34.4 Å². The minimum atomic E-state index is -0.0307. The molecule has 2 atom stereocenters. The summed E-state index contributed by atoms with van der Waals surface area (Å²) in [7, 11) is 0. The Bertz CT molecular complexity index is 2070. The number of aromatic nitrogens is 1. The van der Waals surface area contributed by atoms with Crippen molar-refractivity contribution in [1.29, 1.82) is 5.26 Å². The third kappa shape index (κ3) is 10.8. The van der Waals surface area contributed by atoms with Gasteiger partial charge in [-0.15, -0.1) is 0 Å². The van der Waals surface area contributed by atoms with Crippen molar-refractivity contribution in [1.82, 2.24) is 25.4 Å². The van der Waals surface area contributed by atoms with E-state index in [0.717, 1.165) is 96.7 Å². The van der Waals surface area contributed by atoms with Gasteiger partial charge in [0.1, 0.15) is 36.5 Å². The van der Waals surface area contributed by atoms with E-state index in [2.05, 4.69) is 63.5 Å². The molecular formula is C44H51ClN6O5. The number of halogens is 1. The summed E-state index contributed by atoms with van der Waals surface area (Å²) >= 11 is 6.89. The number of carbonyl (C=O) groups is 2. The molecule has 3 aromatic carbocycles. The second kappa shape index (κ2) is 19.1. The second-order valence-corrected chi connectivity index (χ2v) is 15.2. The van der Waals surface area contributed by atoms with Crippen LogP contribution in [0.2, 0.25) is 5.02 Å². The van der Waals surface area contributed by atoms with Gasteiger partial charge in [0, 0.05) is 94.8 Å². The normalized spacial score (nSPS) is 17.0. The van der Waals surface area contributed by atoms with Gasteiger partial charge in [-0.2, -0.15) is 5.26 Å². The van der Waals surface area contributed by atoms with E-state index < -0.39 is 0 Å². The first-order valence-electron chi connectivity index (χ1n) is 19.3. The number of ether oxygens (including phenoxy) is 3. The summed E-state index contributed by atoms with van der Waals surface area (Å²) in [6.07, 6.45) is 5.97. The summed E-state index contributed by atoms with van der Waals surface area (Å²) in [6, 6.07) is 20.4. The van der Waals surface area contributed by atoms with Crippen molar-refractivity contribution in [3.63, 3.8) is 0 Å². The Hall–Kier alpha value is -5.15. The van der Waals surface area contributed by atoms with E-state index in [9.17, 15) is 14.9 Å². The molecule has 2 amide bonds. The fourth-order valence-corrected chi connectivity index (χ4v) is 7.86. The average Bonchev–Trinajstić information content (AvgIpc) is 3.81. The quantitative estimate of drug-likeness (QED) is 0.119. The van der Waals surface area contributed by atoms with Crippen molar-refractivity contribution in [2.24, 2.45) is 0 Å². The lowest BCUT2D eigenvalue weighted by Crippen LogP contribution is -2.35. The molecule has 294 valence electrons. The minimum Gasteiger partial charge on any atom is -0.493 e. The summed E-state index contributed by atoms with van der Waals surface area (Å²) < 4.78 is 19.1. The minimum absolute atomic E-state index is 0.0298. The van der Waals surface area contributed by atoms with Gasteiger partial charge in [0.15, 0.2) is 0 Å². The molecule has 0 radical (unpaired) electrons. The fraction of sp³-hybridized carbons (Fsp3) is 0.409. The van der Waals surface area contributed by atoms with E-state index in [1.54, 1.807) is 26.1 Å². The molecule has 11 nitrogen and oxygen atoms in total. The first-order chi connectivity index (χ1) is 27.1. The molecule has 2 saturated heterocycles. The lowest BCUT2D eigenvalue weighted by molar-refractivity contribution is -0.120. The highest BCUT2D eigenvalue weighted by molar-refractivity contribution is 6.32. The number of nitriles is 1. The van der Waals surface area contributed by atoms with Crippen molar-refractivity contribution in [2.45, 2.75) is 78.8 Å². The van der Waals surface area contributed by atoms with Gasteiger partial charge in [-0.05, 0) is 79.1 Å². The predicted octanol–water partition coefficient (Wildman–Crippen LogP) is 6.74. The van der Waals surface area contributed by atoms with Crippen LogP contribution in [-0.2, 0) is 29.3 Å². The van der Waals surface area contributed by atoms with Gasteiger partial charge in [-0.25, -0.2) is 0 Å². The Morgan fingerprint density at radius 1 is 0.821 bits per heavy atom. The maximum atomic E-state index is 11.7. The van der Waals surface area contributed by atoms with Crippen LogP contribution in [0.15, 0.2) is 67.0 Å². The fourth-order valence-electron chi connectivity index (χ4n) is 7.62. The number of amides is 2. The van der Waals surface area contributed by atoms with E-state index >= 15 is 0 Å². The van der Waals surface area contributed by atoms with Gasteiger partial charge < -0.3 is 29.7 Å². The number of hydrogen-bond donors (Lipinski definition) is 2. The summed E-state index contributed by atoms with van der Waals surface area (Å²) in [5, 5.41) is 15.9. The highest BCUT2D eigenvalue weighted by Gasteiger charge is 2.25. The monoisotopic (exact) mass is 778 g/mol. The van der Waals surface area contributed by atoms with E-state index in [-0.39, 0.29) is 30.5 Å². The number of carbonyl (C=O) groups excluding carboxylic acids is 2. The summed E-state index contributed by atoms with van der Waals surface area (Å²) in [6.45, 7) is 13.4. The highest BCUT2D eigenvalue weighted by Crippen LogP contribution is 2.37. The molecule has 6 rings (SSSR count). The average molecular weight is 779 g/mol. The van der Waals surface area contributed by atoms with Crippen LogP contribution in [0, 0.1) is 25.2 Å². The van der Waals surface area contributed by atoms with Crippen LogP contribution in [-0.4, -0.2) is 78.0 Å². The van der Waals surface area contributed by atoms with Crippen molar-refractivity contribution < 1.29 is 23.8 Å². The molecule has 56 heavy (non-hydrogen) atoms. The van der Waals surface area contributed by atoms with Crippen molar-refractivity contribution in [3.05, 3.63) is 105 Å². The van der Waals surface area contributed by atoms with Crippen LogP contribution in [0.3, 0.4) is 0 Å². The number of pyridine rings is 1. The lowest BCUT2D eigenvalue weighted by Gasteiger charge is -2.21. The van der Waals surface area contributed by atoms with Crippen LogP contribution >= 0.6 is 11.6 Å². The molecule has 2 aliphatic rings. The molecule has 0 bridgehead atoms. The number of nitrogens with zero attached hydrogens (tertiary/aromatic N) is 4. The van der Waals surface area contributed by atoms with E-state index in [1.807, 2.05) is 30.3 Å². The van der Waals surface area contributed by atoms with Crippen molar-refractivity contribution >= 4 is 23.4 Å².